The van der Waals surface area contributed by atoms with Crippen LogP contribution in [-0.4, -0.2) is 49.1 Å². The van der Waals surface area contributed by atoms with Gasteiger partial charge in [0.05, 0.1) is 19.7 Å². The lowest BCUT2D eigenvalue weighted by atomic mass is 10.0. The van der Waals surface area contributed by atoms with Crippen molar-refractivity contribution in [2.45, 2.75) is 18.9 Å². The third kappa shape index (κ3) is 4.14. The van der Waals surface area contributed by atoms with Gasteiger partial charge in [-0.05, 0) is 55.3 Å². The number of benzene rings is 2. The smallest absolute Gasteiger partial charge is 0.261 e. The molecule has 30 heavy (non-hydrogen) atoms. The molecule has 0 aliphatic carbocycles. The zero-order chi connectivity index (χ0) is 21.1. The van der Waals surface area contributed by atoms with Crippen LogP contribution in [0.15, 0.2) is 48.5 Å². The minimum atomic E-state index is -0.0862. The van der Waals surface area contributed by atoms with Crippen LogP contribution in [0.3, 0.4) is 0 Å². The Morgan fingerprint density at radius 2 is 1.90 bits per heavy atom. The van der Waals surface area contributed by atoms with Crippen molar-refractivity contribution < 1.29 is 14.3 Å². The summed E-state index contributed by atoms with van der Waals surface area (Å²) in [5.41, 5.74) is 1.34. The molecule has 2 aromatic carbocycles. The molecule has 1 saturated heterocycles. The first-order valence-electron chi connectivity index (χ1n) is 9.92. The zero-order valence-electron chi connectivity index (χ0n) is 17.0. The largest absolute Gasteiger partial charge is 0.496 e. The molecule has 3 aromatic rings. The van der Waals surface area contributed by atoms with E-state index in [0.29, 0.717) is 35.2 Å². The molecular formula is C23H24ClN3O3. The number of likely N-dealkylation sites (tertiary alicyclic amines) is 1. The maximum absolute atomic E-state index is 13.3. The molecule has 1 amide bonds. The monoisotopic (exact) mass is 425 g/mol. The molecule has 7 heteroatoms. The third-order valence-electron chi connectivity index (χ3n) is 5.35. The molecule has 0 spiro atoms. The van der Waals surface area contributed by atoms with Crippen LogP contribution in [0.5, 0.6) is 11.5 Å². The van der Waals surface area contributed by atoms with Gasteiger partial charge in [0.25, 0.3) is 5.91 Å². The lowest BCUT2D eigenvalue weighted by molar-refractivity contribution is 0.0707. The third-order valence-corrected chi connectivity index (χ3v) is 5.59. The van der Waals surface area contributed by atoms with Crippen LogP contribution in [-0.2, 0) is 0 Å². The number of hydrogen-bond donors (Lipinski definition) is 1. The van der Waals surface area contributed by atoms with Gasteiger partial charge < -0.3 is 19.7 Å². The van der Waals surface area contributed by atoms with E-state index in [9.17, 15) is 4.79 Å². The lowest BCUT2D eigenvalue weighted by Gasteiger charge is -2.34. The fourth-order valence-corrected chi connectivity index (χ4v) is 4.07. The zero-order valence-corrected chi connectivity index (χ0v) is 17.8. The summed E-state index contributed by atoms with van der Waals surface area (Å²) < 4.78 is 10.8. The highest BCUT2D eigenvalue weighted by atomic mass is 35.5. The highest BCUT2D eigenvalue weighted by Crippen LogP contribution is 2.31. The van der Waals surface area contributed by atoms with Gasteiger partial charge in [-0.15, -0.1) is 0 Å². The molecule has 0 saturated carbocycles. The number of ether oxygens (including phenoxy) is 2. The predicted octanol–water partition coefficient (Wildman–Crippen LogP) is 4.62. The van der Waals surface area contributed by atoms with Crippen LogP contribution < -0.4 is 14.8 Å². The normalized spacial score (nSPS) is 16.4. The number of halogens is 1. The molecule has 1 N–H and O–H groups in total. The van der Waals surface area contributed by atoms with Gasteiger partial charge in [0.1, 0.15) is 22.9 Å². The van der Waals surface area contributed by atoms with E-state index in [1.807, 2.05) is 41.3 Å². The second-order valence-corrected chi connectivity index (χ2v) is 7.74. The molecular weight excluding hydrogens is 402 g/mol. The Kier molecular flexibility index (Phi) is 5.95. The highest BCUT2D eigenvalue weighted by Gasteiger charge is 2.28. The highest BCUT2D eigenvalue weighted by molar-refractivity contribution is 6.31. The molecule has 1 unspecified atom stereocenters. The van der Waals surface area contributed by atoms with E-state index in [-0.39, 0.29) is 11.9 Å². The molecule has 1 fully saturated rings. The molecule has 1 aromatic heterocycles. The number of anilines is 1. The lowest BCUT2D eigenvalue weighted by Crippen LogP contribution is -2.45. The first-order valence-corrected chi connectivity index (χ1v) is 10.3. The SMILES string of the molecule is COc1cccc(OC)c1C(=O)N1CCCC(Nc2ccc3cc(Cl)ccc3n2)C1. The molecule has 1 aliphatic rings. The van der Waals surface area contributed by atoms with Crippen molar-refractivity contribution in [2.24, 2.45) is 0 Å². The van der Waals surface area contributed by atoms with Gasteiger partial charge in [-0.1, -0.05) is 17.7 Å². The van der Waals surface area contributed by atoms with Crippen molar-refractivity contribution in [2.75, 3.05) is 32.6 Å². The number of pyridine rings is 1. The molecule has 1 aliphatic heterocycles. The molecule has 1 atom stereocenters. The van der Waals surface area contributed by atoms with Crippen LogP contribution in [0.4, 0.5) is 5.82 Å². The van der Waals surface area contributed by atoms with Crippen molar-refractivity contribution in [1.82, 2.24) is 9.88 Å². The van der Waals surface area contributed by atoms with Crippen molar-refractivity contribution in [3.63, 3.8) is 0 Å². The Morgan fingerprint density at radius 3 is 2.63 bits per heavy atom. The van der Waals surface area contributed by atoms with E-state index in [4.69, 9.17) is 21.1 Å². The van der Waals surface area contributed by atoms with Crippen molar-refractivity contribution >= 4 is 34.2 Å². The topological polar surface area (TPSA) is 63.7 Å². The fraction of sp³-hybridized carbons (Fsp3) is 0.304. The summed E-state index contributed by atoms with van der Waals surface area (Å²) in [6, 6.07) is 15.1. The predicted molar refractivity (Wildman–Crippen MR) is 119 cm³/mol. The molecule has 0 radical (unpaired) electrons. The second kappa shape index (κ2) is 8.79. The number of rotatable bonds is 5. The van der Waals surface area contributed by atoms with E-state index in [1.54, 1.807) is 26.4 Å². The minimum absolute atomic E-state index is 0.0862. The van der Waals surface area contributed by atoms with Gasteiger partial charge >= 0.3 is 0 Å². The number of aromatic nitrogens is 1. The van der Waals surface area contributed by atoms with E-state index in [0.717, 1.165) is 29.6 Å². The van der Waals surface area contributed by atoms with Gasteiger partial charge in [-0.2, -0.15) is 0 Å². The molecule has 0 bridgehead atoms. The van der Waals surface area contributed by atoms with Crippen LogP contribution in [0.2, 0.25) is 5.02 Å². The van der Waals surface area contributed by atoms with E-state index >= 15 is 0 Å². The average molecular weight is 426 g/mol. The van der Waals surface area contributed by atoms with Crippen molar-refractivity contribution in [1.29, 1.82) is 0 Å². The average Bonchev–Trinajstić information content (AvgIpc) is 2.78. The summed E-state index contributed by atoms with van der Waals surface area (Å²) in [5, 5.41) is 5.17. The van der Waals surface area contributed by atoms with Crippen LogP contribution >= 0.6 is 11.6 Å². The number of amides is 1. The number of nitrogens with one attached hydrogen (secondary N) is 1. The number of fused-ring (bicyclic) bond motifs is 1. The molecule has 156 valence electrons. The number of methoxy groups -OCH3 is 2. The van der Waals surface area contributed by atoms with E-state index < -0.39 is 0 Å². The summed E-state index contributed by atoms with van der Waals surface area (Å²) >= 11 is 6.05. The summed E-state index contributed by atoms with van der Waals surface area (Å²) in [7, 11) is 3.12. The Labute approximate surface area is 180 Å². The maximum atomic E-state index is 13.3. The Morgan fingerprint density at radius 1 is 1.13 bits per heavy atom. The van der Waals surface area contributed by atoms with E-state index in [2.05, 4.69) is 10.3 Å². The minimum Gasteiger partial charge on any atom is -0.496 e. The number of carbonyl (C=O) groups is 1. The first kappa shape index (κ1) is 20.3. The second-order valence-electron chi connectivity index (χ2n) is 7.31. The number of carbonyl (C=O) groups excluding carboxylic acids is 1. The number of piperidine rings is 1. The summed E-state index contributed by atoms with van der Waals surface area (Å²) in [6.07, 6.45) is 1.87. The molecule has 2 heterocycles. The van der Waals surface area contributed by atoms with Gasteiger partial charge in [-0.25, -0.2) is 4.98 Å². The van der Waals surface area contributed by atoms with Gasteiger partial charge in [-0.3, -0.25) is 4.79 Å². The van der Waals surface area contributed by atoms with Crippen LogP contribution in [0.1, 0.15) is 23.2 Å². The number of hydrogen-bond acceptors (Lipinski definition) is 5. The fourth-order valence-electron chi connectivity index (χ4n) is 3.89. The Hall–Kier alpha value is -2.99. The molecule has 6 nitrogen and oxygen atoms in total. The summed E-state index contributed by atoms with van der Waals surface area (Å²) in [4.78, 5) is 19.8. The standard InChI is InChI=1S/C23H24ClN3O3/c1-29-19-6-3-7-20(30-2)22(19)23(28)27-12-4-5-17(14-27)25-21-11-8-15-13-16(24)9-10-18(15)26-21/h3,6-11,13,17H,4-5,12,14H2,1-2H3,(H,25,26). The van der Waals surface area contributed by atoms with E-state index in [1.165, 1.54) is 0 Å². The summed E-state index contributed by atoms with van der Waals surface area (Å²) in [6.45, 7) is 1.28. The van der Waals surface area contributed by atoms with Gasteiger partial charge in [0.15, 0.2) is 0 Å². The summed E-state index contributed by atoms with van der Waals surface area (Å²) in [5.74, 6) is 1.74. The Balaban J connectivity index is 1.51. The van der Waals surface area contributed by atoms with Gasteiger partial charge in [0.2, 0.25) is 0 Å². The first-order chi connectivity index (χ1) is 14.6. The maximum Gasteiger partial charge on any atom is 0.261 e. The molecule has 4 rings (SSSR count). The van der Waals surface area contributed by atoms with Crippen molar-refractivity contribution in [3.05, 3.63) is 59.1 Å². The quantitative estimate of drug-likeness (QED) is 0.646. The number of nitrogens with zero attached hydrogens (tertiary/aromatic N) is 2. The van der Waals surface area contributed by atoms with Gasteiger partial charge in [0, 0.05) is 29.5 Å². The van der Waals surface area contributed by atoms with Crippen LogP contribution in [0.25, 0.3) is 10.9 Å². The Bertz CT molecular complexity index is 1050. The van der Waals surface area contributed by atoms with Crippen LogP contribution in [0, 0.1) is 0 Å². The van der Waals surface area contributed by atoms with Crippen molar-refractivity contribution in [3.8, 4) is 11.5 Å².